The van der Waals surface area contributed by atoms with E-state index in [4.69, 9.17) is 4.42 Å². The van der Waals surface area contributed by atoms with E-state index in [9.17, 15) is 0 Å². The molecule has 1 aromatic carbocycles. The Bertz CT molecular complexity index is 470. The fourth-order valence-electron chi connectivity index (χ4n) is 1.88. The van der Waals surface area contributed by atoms with Gasteiger partial charge in [-0.1, -0.05) is 43.7 Å². The summed E-state index contributed by atoms with van der Waals surface area (Å²) in [7, 11) is 0. The molecule has 0 spiro atoms. The summed E-state index contributed by atoms with van der Waals surface area (Å²) in [4.78, 5) is 4.48. The molecule has 0 radical (unpaired) electrons. The van der Waals surface area contributed by atoms with Gasteiger partial charge in [0.2, 0.25) is 0 Å². The number of rotatable bonds is 4. The molecule has 0 aliphatic rings. The van der Waals surface area contributed by atoms with E-state index in [0.29, 0.717) is 5.92 Å². The molecule has 1 unspecified atom stereocenters. The van der Waals surface area contributed by atoms with Crippen LogP contribution >= 0.6 is 0 Å². The SMILES string of the molecule is CCc1coc(C(C)Cc2ccc(C)cc2)n1. The fourth-order valence-corrected chi connectivity index (χ4v) is 1.88. The summed E-state index contributed by atoms with van der Waals surface area (Å²) >= 11 is 0. The molecule has 0 bridgehead atoms. The first-order valence-corrected chi connectivity index (χ1v) is 6.19. The molecule has 1 heterocycles. The largest absolute Gasteiger partial charge is 0.448 e. The molecule has 0 aliphatic carbocycles. The van der Waals surface area contributed by atoms with Gasteiger partial charge in [0.25, 0.3) is 0 Å². The zero-order valence-corrected chi connectivity index (χ0v) is 10.7. The molecule has 2 heteroatoms. The summed E-state index contributed by atoms with van der Waals surface area (Å²) in [5, 5.41) is 0. The van der Waals surface area contributed by atoms with E-state index in [1.54, 1.807) is 6.26 Å². The third-order valence-corrected chi connectivity index (χ3v) is 3.02. The highest BCUT2D eigenvalue weighted by Gasteiger charge is 2.12. The number of aromatic nitrogens is 1. The van der Waals surface area contributed by atoms with Gasteiger partial charge >= 0.3 is 0 Å². The Kier molecular flexibility index (Phi) is 3.62. The van der Waals surface area contributed by atoms with E-state index >= 15 is 0 Å². The quantitative estimate of drug-likeness (QED) is 0.795. The van der Waals surface area contributed by atoms with Gasteiger partial charge in [-0.2, -0.15) is 0 Å². The molecule has 0 N–H and O–H groups in total. The first-order valence-electron chi connectivity index (χ1n) is 6.19. The maximum Gasteiger partial charge on any atom is 0.197 e. The fraction of sp³-hybridized carbons (Fsp3) is 0.400. The maximum atomic E-state index is 5.50. The first kappa shape index (κ1) is 11.9. The number of nitrogens with zero attached hydrogens (tertiary/aromatic N) is 1. The van der Waals surface area contributed by atoms with Crippen molar-refractivity contribution in [2.45, 2.75) is 39.5 Å². The molecule has 2 aromatic rings. The van der Waals surface area contributed by atoms with Crippen LogP contribution in [0.1, 0.15) is 42.5 Å². The monoisotopic (exact) mass is 229 g/mol. The van der Waals surface area contributed by atoms with Gasteiger partial charge in [-0.15, -0.1) is 0 Å². The molecule has 17 heavy (non-hydrogen) atoms. The average molecular weight is 229 g/mol. The lowest BCUT2D eigenvalue weighted by Crippen LogP contribution is -1.99. The van der Waals surface area contributed by atoms with Crippen LogP contribution < -0.4 is 0 Å². The van der Waals surface area contributed by atoms with Crippen LogP contribution in [-0.2, 0) is 12.8 Å². The van der Waals surface area contributed by atoms with Crippen LogP contribution in [0.25, 0.3) is 0 Å². The lowest BCUT2D eigenvalue weighted by molar-refractivity contribution is 0.457. The Morgan fingerprint density at radius 2 is 1.94 bits per heavy atom. The highest BCUT2D eigenvalue weighted by atomic mass is 16.3. The number of benzene rings is 1. The summed E-state index contributed by atoms with van der Waals surface area (Å²) in [6.07, 6.45) is 3.67. The number of oxazole rings is 1. The minimum atomic E-state index is 0.331. The number of hydrogen-bond acceptors (Lipinski definition) is 2. The van der Waals surface area contributed by atoms with Gasteiger partial charge in [0.05, 0.1) is 5.69 Å². The van der Waals surface area contributed by atoms with E-state index in [1.165, 1.54) is 11.1 Å². The minimum absolute atomic E-state index is 0.331. The summed E-state index contributed by atoms with van der Waals surface area (Å²) in [6.45, 7) is 6.35. The highest BCUT2D eigenvalue weighted by Crippen LogP contribution is 2.20. The van der Waals surface area contributed by atoms with Gasteiger partial charge in [-0.25, -0.2) is 4.98 Å². The van der Waals surface area contributed by atoms with Crippen LogP contribution in [0, 0.1) is 6.92 Å². The molecule has 0 saturated heterocycles. The van der Waals surface area contributed by atoms with Gasteiger partial charge in [-0.05, 0) is 25.3 Å². The summed E-state index contributed by atoms with van der Waals surface area (Å²) < 4.78 is 5.50. The smallest absolute Gasteiger partial charge is 0.197 e. The molecule has 2 nitrogen and oxygen atoms in total. The van der Waals surface area contributed by atoms with Crippen LogP contribution in [0.5, 0.6) is 0 Å². The van der Waals surface area contributed by atoms with Gasteiger partial charge in [0.1, 0.15) is 6.26 Å². The molecule has 0 fully saturated rings. The van der Waals surface area contributed by atoms with Crippen molar-refractivity contribution in [1.82, 2.24) is 4.98 Å². The second-order valence-corrected chi connectivity index (χ2v) is 4.62. The van der Waals surface area contributed by atoms with Gasteiger partial charge in [0.15, 0.2) is 5.89 Å². The van der Waals surface area contributed by atoms with Crippen molar-refractivity contribution in [2.75, 3.05) is 0 Å². The molecule has 0 aliphatic heterocycles. The lowest BCUT2D eigenvalue weighted by atomic mass is 10.0. The summed E-state index contributed by atoms with van der Waals surface area (Å²) in [5.41, 5.74) is 3.67. The zero-order valence-electron chi connectivity index (χ0n) is 10.7. The third-order valence-electron chi connectivity index (χ3n) is 3.02. The van der Waals surface area contributed by atoms with E-state index in [-0.39, 0.29) is 0 Å². The molecule has 90 valence electrons. The van der Waals surface area contributed by atoms with E-state index in [0.717, 1.165) is 24.4 Å². The van der Waals surface area contributed by atoms with Crippen LogP contribution in [0.4, 0.5) is 0 Å². The molecule has 0 amide bonds. The van der Waals surface area contributed by atoms with Gasteiger partial charge in [-0.3, -0.25) is 0 Å². The second kappa shape index (κ2) is 5.17. The van der Waals surface area contributed by atoms with Crippen molar-refractivity contribution in [3.05, 3.63) is 53.2 Å². The van der Waals surface area contributed by atoms with Crippen molar-refractivity contribution in [1.29, 1.82) is 0 Å². The first-order chi connectivity index (χ1) is 8.19. The molecule has 2 rings (SSSR count). The molecular weight excluding hydrogens is 210 g/mol. The van der Waals surface area contributed by atoms with Crippen molar-refractivity contribution < 1.29 is 4.42 Å². The third kappa shape index (κ3) is 2.96. The van der Waals surface area contributed by atoms with Crippen molar-refractivity contribution in [3.8, 4) is 0 Å². The number of hydrogen-bond donors (Lipinski definition) is 0. The highest BCUT2D eigenvalue weighted by molar-refractivity contribution is 5.22. The van der Waals surface area contributed by atoms with Crippen LogP contribution in [0.2, 0.25) is 0 Å². The van der Waals surface area contributed by atoms with E-state index < -0.39 is 0 Å². The molecule has 1 atom stereocenters. The predicted octanol–water partition coefficient (Wildman–Crippen LogP) is 3.89. The molecule has 1 aromatic heterocycles. The van der Waals surface area contributed by atoms with E-state index in [1.807, 2.05) is 0 Å². The zero-order chi connectivity index (χ0) is 12.3. The Morgan fingerprint density at radius 3 is 2.53 bits per heavy atom. The Balaban J connectivity index is 2.05. The second-order valence-electron chi connectivity index (χ2n) is 4.62. The Labute approximate surface area is 103 Å². The predicted molar refractivity (Wildman–Crippen MR) is 69.2 cm³/mol. The molecule has 0 saturated carbocycles. The van der Waals surface area contributed by atoms with Crippen LogP contribution in [-0.4, -0.2) is 4.98 Å². The maximum absolute atomic E-state index is 5.50. The molecular formula is C15H19NO. The Hall–Kier alpha value is -1.57. The minimum Gasteiger partial charge on any atom is -0.448 e. The standard InChI is InChI=1S/C15H19NO/c1-4-14-10-17-15(16-14)12(3)9-13-7-5-11(2)6-8-13/h5-8,10,12H,4,9H2,1-3H3. The Morgan fingerprint density at radius 1 is 1.24 bits per heavy atom. The van der Waals surface area contributed by atoms with Crippen LogP contribution in [0.3, 0.4) is 0 Å². The summed E-state index contributed by atoms with van der Waals surface area (Å²) in [5.74, 6) is 1.18. The summed E-state index contributed by atoms with van der Waals surface area (Å²) in [6, 6.07) is 8.65. The van der Waals surface area contributed by atoms with Crippen molar-refractivity contribution in [3.63, 3.8) is 0 Å². The van der Waals surface area contributed by atoms with Crippen molar-refractivity contribution >= 4 is 0 Å². The average Bonchev–Trinajstić information content (AvgIpc) is 2.81. The van der Waals surface area contributed by atoms with Gasteiger partial charge in [0, 0.05) is 5.92 Å². The topological polar surface area (TPSA) is 26.0 Å². The van der Waals surface area contributed by atoms with Crippen LogP contribution in [0.15, 0.2) is 34.9 Å². The lowest BCUT2D eigenvalue weighted by Gasteiger charge is -2.07. The van der Waals surface area contributed by atoms with Crippen molar-refractivity contribution in [2.24, 2.45) is 0 Å². The van der Waals surface area contributed by atoms with Gasteiger partial charge < -0.3 is 4.42 Å². The normalized spacial score (nSPS) is 12.6. The van der Waals surface area contributed by atoms with E-state index in [2.05, 4.69) is 50.0 Å². The number of aryl methyl sites for hydroxylation is 2.